The van der Waals surface area contributed by atoms with Gasteiger partial charge in [-0.15, -0.1) is 0 Å². The van der Waals surface area contributed by atoms with E-state index in [0.717, 1.165) is 34.4 Å². The second-order valence-electron chi connectivity index (χ2n) is 4.97. The minimum Gasteiger partial charge on any atom is -1.00 e. The fourth-order valence-corrected chi connectivity index (χ4v) is 2.15. The molecule has 0 aliphatic heterocycles. The molecule has 0 atom stereocenters. The van der Waals surface area contributed by atoms with Crippen molar-refractivity contribution in [2.45, 2.75) is 13.8 Å². The SMILES string of the molecule is Cc1cnc(-c2cccc(-c3ncc(C)n3C)n2)n1C.[Cl-].[Cl-].[Co+2]. The van der Waals surface area contributed by atoms with E-state index in [0.29, 0.717) is 0 Å². The third-order valence-electron chi connectivity index (χ3n) is 3.65. The van der Waals surface area contributed by atoms with E-state index in [1.807, 2.05) is 67.7 Å². The minimum absolute atomic E-state index is 0. The van der Waals surface area contributed by atoms with E-state index < -0.39 is 0 Å². The largest absolute Gasteiger partial charge is 2.00 e. The first kappa shape index (κ1) is 21.7. The zero-order valence-electron chi connectivity index (χ0n) is 13.2. The molecular weight excluding hydrogens is 380 g/mol. The van der Waals surface area contributed by atoms with Crippen LogP contribution < -0.4 is 24.8 Å². The van der Waals surface area contributed by atoms with Crippen molar-refractivity contribution in [1.82, 2.24) is 24.1 Å². The number of hydrogen-bond donors (Lipinski definition) is 0. The molecular formula is C15H17Cl2CoN5. The van der Waals surface area contributed by atoms with Gasteiger partial charge < -0.3 is 33.9 Å². The maximum atomic E-state index is 4.69. The van der Waals surface area contributed by atoms with Crippen molar-refractivity contribution in [2.24, 2.45) is 14.1 Å². The summed E-state index contributed by atoms with van der Waals surface area (Å²) in [6.45, 7) is 4.06. The van der Waals surface area contributed by atoms with Crippen molar-refractivity contribution in [1.29, 1.82) is 0 Å². The summed E-state index contributed by atoms with van der Waals surface area (Å²) in [7, 11) is 3.99. The number of aromatic nitrogens is 5. The van der Waals surface area contributed by atoms with Gasteiger partial charge in [0.1, 0.15) is 11.4 Å². The number of nitrogens with zero attached hydrogens (tertiary/aromatic N) is 5. The van der Waals surface area contributed by atoms with Gasteiger partial charge in [-0.1, -0.05) is 6.07 Å². The molecule has 0 fully saturated rings. The third-order valence-corrected chi connectivity index (χ3v) is 3.65. The molecule has 3 heterocycles. The van der Waals surface area contributed by atoms with Gasteiger partial charge in [0.05, 0.1) is 0 Å². The zero-order chi connectivity index (χ0) is 14.3. The Kier molecular flexibility index (Phi) is 8.00. The smallest absolute Gasteiger partial charge is 1.00 e. The fraction of sp³-hybridized carbons (Fsp3) is 0.267. The van der Waals surface area contributed by atoms with Crippen LogP contribution in [0.15, 0.2) is 30.6 Å². The summed E-state index contributed by atoms with van der Waals surface area (Å²) in [5, 5.41) is 0. The van der Waals surface area contributed by atoms with Crippen LogP contribution in [0.1, 0.15) is 11.4 Å². The molecule has 0 amide bonds. The number of halogens is 2. The maximum absolute atomic E-state index is 4.69. The quantitative estimate of drug-likeness (QED) is 0.451. The summed E-state index contributed by atoms with van der Waals surface area (Å²) in [5.41, 5.74) is 3.94. The van der Waals surface area contributed by atoms with Gasteiger partial charge in [0.2, 0.25) is 0 Å². The maximum Gasteiger partial charge on any atom is 2.00 e. The number of pyridine rings is 1. The second kappa shape index (κ2) is 8.49. The van der Waals surface area contributed by atoms with Crippen LogP contribution in [0.25, 0.3) is 23.0 Å². The Bertz CT molecular complexity index is 721. The predicted molar refractivity (Wildman–Crippen MR) is 78.1 cm³/mol. The van der Waals surface area contributed by atoms with Crippen molar-refractivity contribution in [3.63, 3.8) is 0 Å². The molecule has 1 radical (unpaired) electrons. The van der Waals surface area contributed by atoms with Crippen LogP contribution in [0.5, 0.6) is 0 Å². The topological polar surface area (TPSA) is 48.5 Å². The fourth-order valence-electron chi connectivity index (χ4n) is 2.15. The van der Waals surface area contributed by atoms with Crippen LogP contribution in [0.3, 0.4) is 0 Å². The average Bonchev–Trinajstić information content (AvgIpc) is 2.95. The monoisotopic (exact) mass is 396 g/mol. The van der Waals surface area contributed by atoms with E-state index in [4.69, 9.17) is 4.98 Å². The molecule has 3 rings (SSSR count). The van der Waals surface area contributed by atoms with E-state index in [1.165, 1.54) is 0 Å². The summed E-state index contributed by atoms with van der Waals surface area (Å²) >= 11 is 0. The average molecular weight is 397 g/mol. The molecule has 0 unspecified atom stereocenters. The van der Waals surface area contributed by atoms with Crippen molar-refractivity contribution in [3.8, 4) is 23.0 Å². The first-order valence-electron chi connectivity index (χ1n) is 6.52. The Morgan fingerprint density at radius 1 is 0.783 bits per heavy atom. The molecule has 0 aliphatic carbocycles. The zero-order valence-corrected chi connectivity index (χ0v) is 15.8. The Morgan fingerprint density at radius 3 is 1.48 bits per heavy atom. The molecule has 0 bridgehead atoms. The molecule has 3 aromatic heterocycles. The van der Waals surface area contributed by atoms with Gasteiger partial charge in [0.25, 0.3) is 0 Å². The van der Waals surface area contributed by atoms with E-state index in [9.17, 15) is 0 Å². The van der Waals surface area contributed by atoms with Crippen LogP contribution in [0.4, 0.5) is 0 Å². The first-order chi connectivity index (χ1) is 9.58. The number of hydrogen-bond acceptors (Lipinski definition) is 3. The number of aryl methyl sites for hydroxylation is 2. The standard InChI is InChI=1S/C15H17N5.2ClH.Co/c1-10-8-16-14(19(10)3)12-6-5-7-13(18-12)15-17-9-11(2)20(15)4;;;/h5-9H,1-4H3;2*1H;/q;;;+2/p-2. The van der Waals surface area contributed by atoms with Crippen molar-refractivity contribution in [2.75, 3.05) is 0 Å². The second-order valence-corrected chi connectivity index (χ2v) is 4.97. The van der Waals surface area contributed by atoms with Gasteiger partial charge in [0, 0.05) is 37.9 Å². The molecule has 0 saturated carbocycles. The molecule has 3 aromatic rings. The number of imidazole rings is 2. The first-order valence-corrected chi connectivity index (χ1v) is 6.52. The Morgan fingerprint density at radius 2 is 1.17 bits per heavy atom. The van der Waals surface area contributed by atoms with Gasteiger partial charge in [-0.2, -0.15) is 0 Å². The summed E-state index contributed by atoms with van der Waals surface area (Å²) in [6.07, 6.45) is 3.71. The van der Waals surface area contributed by atoms with E-state index in [1.54, 1.807) is 0 Å². The predicted octanol–water partition coefficient (Wildman–Crippen LogP) is -3.50. The summed E-state index contributed by atoms with van der Waals surface area (Å²) in [5.74, 6) is 1.74. The molecule has 5 nitrogen and oxygen atoms in total. The van der Waals surface area contributed by atoms with Crippen LogP contribution >= 0.6 is 0 Å². The summed E-state index contributed by atoms with van der Waals surface area (Å²) in [4.78, 5) is 13.5. The van der Waals surface area contributed by atoms with Gasteiger partial charge >= 0.3 is 16.8 Å². The van der Waals surface area contributed by atoms with Crippen molar-refractivity contribution in [3.05, 3.63) is 42.0 Å². The van der Waals surface area contributed by atoms with Crippen LogP contribution in [-0.2, 0) is 30.9 Å². The molecule has 0 aliphatic rings. The minimum atomic E-state index is 0. The number of rotatable bonds is 2. The van der Waals surface area contributed by atoms with Crippen LogP contribution in [0, 0.1) is 13.8 Å². The Balaban J connectivity index is 0.00000161. The van der Waals surface area contributed by atoms with Crippen LogP contribution in [-0.4, -0.2) is 24.1 Å². The van der Waals surface area contributed by atoms with Crippen molar-refractivity contribution < 1.29 is 41.6 Å². The summed E-state index contributed by atoms with van der Waals surface area (Å²) in [6, 6.07) is 5.94. The van der Waals surface area contributed by atoms with Gasteiger partial charge in [-0.05, 0) is 26.0 Å². The molecule has 0 saturated heterocycles. The van der Waals surface area contributed by atoms with Gasteiger partial charge in [-0.3, -0.25) is 0 Å². The normalized spacial score (nSPS) is 9.57. The van der Waals surface area contributed by atoms with E-state index >= 15 is 0 Å². The van der Waals surface area contributed by atoms with Gasteiger partial charge in [0.15, 0.2) is 11.6 Å². The third kappa shape index (κ3) is 3.95. The molecule has 0 N–H and O–H groups in total. The van der Waals surface area contributed by atoms with E-state index in [-0.39, 0.29) is 41.6 Å². The molecule has 23 heavy (non-hydrogen) atoms. The molecule has 0 spiro atoms. The Labute approximate surface area is 158 Å². The Hall–Kier alpha value is -1.34. The summed E-state index contributed by atoms with van der Waals surface area (Å²) < 4.78 is 4.07. The van der Waals surface area contributed by atoms with Crippen LogP contribution in [0.2, 0.25) is 0 Å². The van der Waals surface area contributed by atoms with E-state index in [2.05, 4.69) is 9.97 Å². The molecule has 8 heteroatoms. The molecule has 125 valence electrons. The molecule has 0 aromatic carbocycles. The van der Waals surface area contributed by atoms with Crippen molar-refractivity contribution >= 4 is 0 Å². The van der Waals surface area contributed by atoms with Gasteiger partial charge in [-0.25, -0.2) is 15.0 Å².